The summed E-state index contributed by atoms with van der Waals surface area (Å²) in [6.45, 7) is 20.0. The largest absolute Gasteiger partial charge is 0.355 e. The van der Waals surface area contributed by atoms with E-state index in [0.29, 0.717) is 13.0 Å². The summed E-state index contributed by atoms with van der Waals surface area (Å²) in [5, 5.41) is 3.04. The summed E-state index contributed by atoms with van der Waals surface area (Å²) in [6.07, 6.45) is 10.8. The second-order valence-electron chi connectivity index (χ2n) is 11.7. The molecule has 2 rings (SSSR count). The minimum atomic E-state index is 0.147. The lowest BCUT2D eigenvalue weighted by molar-refractivity contribution is -0.121. The van der Waals surface area contributed by atoms with Gasteiger partial charge in [0.2, 0.25) is 5.91 Å². The van der Waals surface area contributed by atoms with E-state index in [2.05, 4.69) is 122 Å². The molecule has 5 nitrogen and oxygen atoms in total. The molecule has 0 spiro atoms. The number of nitrogens with zero attached hydrogens (tertiary/aromatic N) is 3. The van der Waals surface area contributed by atoms with Crippen molar-refractivity contribution in [3.63, 3.8) is 0 Å². The number of carbonyl (C=O) groups is 1. The fourth-order valence-electron chi connectivity index (χ4n) is 4.98. The van der Waals surface area contributed by atoms with Gasteiger partial charge >= 0.3 is 0 Å². The van der Waals surface area contributed by atoms with Gasteiger partial charge in [0, 0.05) is 55.5 Å². The number of hydrogen-bond donors (Lipinski definition) is 1. The molecule has 1 amide bonds. The number of likely N-dealkylation sites (N-methyl/N-ethyl adjacent to an activating group) is 1. The Kier molecular flexibility index (Phi) is 14.5. The summed E-state index contributed by atoms with van der Waals surface area (Å²) >= 11 is 0. The Labute approximate surface area is 250 Å². The number of hydrogen-bond acceptors (Lipinski definition) is 4. The van der Waals surface area contributed by atoms with Crippen molar-refractivity contribution in [2.24, 2.45) is 5.41 Å². The zero-order valence-electron chi connectivity index (χ0n) is 26.6. The average Bonchev–Trinajstić information content (AvgIpc) is 2.96. The van der Waals surface area contributed by atoms with Gasteiger partial charge in [-0.25, -0.2) is 0 Å². The molecule has 0 bridgehead atoms. The molecule has 2 aromatic carbocycles. The number of rotatable bonds is 19. The number of carbonyl (C=O) groups excluding carboxylic acids is 1. The standard InChI is InChI=1S/C36H54N4O/c1-9-16-30(4)29-39(11-3)33-22-20-32(21-23-33)31(5)40(34-17-13-12-14-18-34)27-25-36(6,10-2)24-15-19-35(41)37-26-28-38(7)8/h11-14,17-18,20-23,29H,3,5,9-10,15-16,19,24-28H2,1-2,4,6-8H3,(H,37,41)/b30-29+. The van der Waals surface area contributed by atoms with Crippen LogP contribution in [0, 0.1) is 5.41 Å². The van der Waals surface area contributed by atoms with Crippen LogP contribution < -0.4 is 15.1 Å². The Morgan fingerprint density at radius 1 is 0.951 bits per heavy atom. The molecule has 0 aromatic heterocycles. The molecule has 0 saturated heterocycles. The zero-order chi connectivity index (χ0) is 30.3. The van der Waals surface area contributed by atoms with Crippen molar-refractivity contribution >= 4 is 23.0 Å². The van der Waals surface area contributed by atoms with Gasteiger partial charge in [-0.05, 0) is 81.9 Å². The minimum absolute atomic E-state index is 0.147. The second kappa shape index (κ2) is 17.5. The van der Waals surface area contributed by atoms with Gasteiger partial charge in [-0.15, -0.1) is 0 Å². The first-order chi connectivity index (χ1) is 19.6. The quantitative estimate of drug-likeness (QED) is 0.188. The van der Waals surface area contributed by atoms with E-state index >= 15 is 0 Å². The highest BCUT2D eigenvalue weighted by Crippen LogP contribution is 2.35. The molecule has 5 heteroatoms. The van der Waals surface area contributed by atoms with E-state index in [-0.39, 0.29) is 11.3 Å². The zero-order valence-corrected chi connectivity index (χ0v) is 26.6. The number of nitrogens with one attached hydrogen (secondary N) is 1. The number of benzene rings is 2. The van der Waals surface area contributed by atoms with Crippen molar-refractivity contribution in [1.82, 2.24) is 10.2 Å². The number of anilines is 2. The van der Waals surface area contributed by atoms with E-state index in [1.807, 2.05) is 20.3 Å². The molecule has 0 aliphatic heterocycles. The fraction of sp³-hybridized carbons (Fsp3) is 0.472. The molecule has 0 radical (unpaired) electrons. The molecule has 0 aliphatic rings. The van der Waals surface area contributed by atoms with Crippen LogP contribution in [0.3, 0.4) is 0 Å². The van der Waals surface area contributed by atoms with Crippen LogP contribution in [0.5, 0.6) is 0 Å². The van der Waals surface area contributed by atoms with Crippen molar-refractivity contribution < 1.29 is 4.79 Å². The van der Waals surface area contributed by atoms with E-state index in [0.717, 1.165) is 74.2 Å². The fourth-order valence-corrected chi connectivity index (χ4v) is 4.98. The van der Waals surface area contributed by atoms with Gasteiger partial charge in [-0.3, -0.25) is 4.79 Å². The SMILES string of the molecule is C=CN(/C=C(\C)CCC)c1ccc(C(=C)N(CCC(C)(CC)CCCC(=O)NCCN(C)C)c2ccccc2)cc1. The number of allylic oxidation sites excluding steroid dienone is 1. The maximum atomic E-state index is 12.3. The van der Waals surface area contributed by atoms with Crippen LogP contribution in [-0.4, -0.2) is 44.5 Å². The molecule has 224 valence electrons. The summed E-state index contributed by atoms with van der Waals surface area (Å²) in [6, 6.07) is 19.1. The monoisotopic (exact) mass is 558 g/mol. The third-order valence-electron chi connectivity index (χ3n) is 7.95. The Hall–Kier alpha value is -3.31. The first-order valence-electron chi connectivity index (χ1n) is 15.2. The van der Waals surface area contributed by atoms with Gasteiger partial charge in [-0.1, -0.05) is 82.7 Å². The molecule has 0 aliphatic carbocycles. The Morgan fingerprint density at radius 3 is 2.22 bits per heavy atom. The van der Waals surface area contributed by atoms with Crippen LogP contribution in [0.4, 0.5) is 11.4 Å². The predicted molar refractivity (Wildman–Crippen MR) is 179 cm³/mol. The number of para-hydroxylation sites is 1. The van der Waals surface area contributed by atoms with Gasteiger partial charge in [0.05, 0.1) is 0 Å². The highest BCUT2D eigenvalue weighted by atomic mass is 16.1. The third-order valence-corrected chi connectivity index (χ3v) is 7.95. The van der Waals surface area contributed by atoms with Crippen LogP contribution in [0.2, 0.25) is 0 Å². The second-order valence-corrected chi connectivity index (χ2v) is 11.7. The molecule has 0 saturated carbocycles. The van der Waals surface area contributed by atoms with Crippen LogP contribution in [0.25, 0.3) is 5.70 Å². The Morgan fingerprint density at radius 2 is 1.63 bits per heavy atom. The number of amides is 1. The molecule has 1 atom stereocenters. The summed E-state index contributed by atoms with van der Waals surface area (Å²) in [7, 11) is 4.04. The molecule has 1 N–H and O–H groups in total. The summed E-state index contributed by atoms with van der Waals surface area (Å²) < 4.78 is 0. The lowest BCUT2D eigenvalue weighted by Gasteiger charge is -2.34. The van der Waals surface area contributed by atoms with E-state index in [1.54, 1.807) is 0 Å². The average molecular weight is 559 g/mol. The maximum Gasteiger partial charge on any atom is 0.220 e. The van der Waals surface area contributed by atoms with Crippen LogP contribution >= 0.6 is 0 Å². The maximum absolute atomic E-state index is 12.3. The molecular formula is C36H54N4O. The van der Waals surface area contributed by atoms with E-state index < -0.39 is 0 Å². The van der Waals surface area contributed by atoms with Crippen LogP contribution in [-0.2, 0) is 4.79 Å². The highest BCUT2D eigenvalue weighted by molar-refractivity contribution is 5.78. The summed E-state index contributed by atoms with van der Waals surface area (Å²) in [4.78, 5) is 18.8. The first kappa shape index (κ1) is 33.9. The smallest absolute Gasteiger partial charge is 0.220 e. The van der Waals surface area contributed by atoms with Crippen LogP contribution in [0.15, 0.2) is 85.7 Å². The van der Waals surface area contributed by atoms with Crippen molar-refractivity contribution in [3.8, 4) is 0 Å². The first-order valence-corrected chi connectivity index (χ1v) is 15.2. The molecule has 2 aromatic rings. The van der Waals surface area contributed by atoms with Crippen LogP contribution in [0.1, 0.15) is 78.2 Å². The lowest BCUT2D eigenvalue weighted by atomic mass is 9.79. The van der Waals surface area contributed by atoms with Crippen molar-refractivity contribution in [3.05, 3.63) is 91.3 Å². The molecule has 0 fully saturated rings. The molecule has 1 unspecified atom stereocenters. The van der Waals surface area contributed by atoms with Gasteiger partial charge in [0.15, 0.2) is 0 Å². The highest BCUT2D eigenvalue weighted by Gasteiger charge is 2.24. The van der Waals surface area contributed by atoms with E-state index in [1.165, 1.54) is 5.57 Å². The summed E-state index contributed by atoms with van der Waals surface area (Å²) in [5.41, 5.74) is 5.80. The van der Waals surface area contributed by atoms with Gasteiger partial charge in [0.25, 0.3) is 0 Å². The summed E-state index contributed by atoms with van der Waals surface area (Å²) in [5.74, 6) is 0.152. The van der Waals surface area contributed by atoms with Crippen molar-refractivity contribution in [1.29, 1.82) is 0 Å². The van der Waals surface area contributed by atoms with Crippen molar-refractivity contribution in [2.45, 2.75) is 72.6 Å². The van der Waals surface area contributed by atoms with E-state index in [9.17, 15) is 4.79 Å². The predicted octanol–water partition coefficient (Wildman–Crippen LogP) is 8.47. The molecular weight excluding hydrogens is 504 g/mol. The van der Waals surface area contributed by atoms with Gasteiger partial charge < -0.3 is 20.0 Å². The Balaban J connectivity index is 2.11. The normalized spacial score (nSPS) is 13.0. The Bertz CT molecular complexity index is 1110. The minimum Gasteiger partial charge on any atom is -0.355 e. The van der Waals surface area contributed by atoms with E-state index in [4.69, 9.17) is 0 Å². The van der Waals surface area contributed by atoms with Gasteiger partial charge in [0.1, 0.15) is 0 Å². The lowest BCUT2D eigenvalue weighted by Crippen LogP contribution is -2.31. The molecule has 41 heavy (non-hydrogen) atoms. The third kappa shape index (κ3) is 11.6. The van der Waals surface area contributed by atoms with Gasteiger partial charge in [-0.2, -0.15) is 0 Å². The van der Waals surface area contributed by atoms with Crippen molar-refractivity contribution in [2.75, 3.05) is 43.5 Å². The topological polar surface area (TPSA) is 38.8 Å². The molecule has 0 heterocycles.